The molecule has 1 amide bonds. The number of quaternary nitrogens is 1. The molecule has 0 fully saturated rings. The molecule has 1 atom stereocenters. The van der Waals surface area contributed by atoms with Crippen LogP contribution in [0, 0.1) is 0 Å². The maximum atomic E-state index is 12.5. The first-order valence-corrected chi connectivity index (χ1v) is 10.6. The monoisotopic (exact) mass is 404 g/mol. The first-order chi connectivity index (χ1) is 13.3. The molecule has 150 valence electrons. The fraction of sp³-hybridized carbons (Fsp3) is 0.350. The van der Waals surface area contributed by atoms with Crippen LogP contribution in [0.3, 0.4) is 0 Å². The van der Waals surface area contributed by atoms with E-state index >= 15 is 0 Å². The Labute approximate surface area is 166 Å². The summed E-state index contributed by atoms with van der Waals surface area (Å²) in [5.41, 5.74) is 3.06. The molecule has 0 saturated carbocycles. The SMILES string of the molecule is COc1ccc(NC(=O)C[NH+]2CCc3ccccc3C2)cc1S(=O)(=O)N(C)C. The predicted molar refractivity (Wildman–Crippen MR) is 107 cm³/mol. The number of methoxy groups -OCH3 is 1. The van der Waals surface area contributed by atoms with Crippen molar-refractivity contribution in [1.82, 2.24) is 4.31 Å². The number of amides is 1. The summed E-state index contributed by atoms with van der Waals surface area (Å²) in [6.07, 6.45) is 0.951. The number of carbonyl (C=O) groups is 1. The van der Waals surface area contributed by atoms with Crippen LogP contribution >= 0.6 is 0 Å². The minimum atomic E-state index is -3.69. The van der Waals surface area contributed by atoms with Gasteiger partial charge in [0.2, 0.25) is 10.0 Å². The van der Waals surface area contributed by atoms with Crippen LogP contribution in [0.25, 0.3) is 0 Å². The molecule has 1 unspecified atom stereocenters. The van der Waals surface area contributed by atoms with Gasteiger partial charge in [0, 0.05) is 31.8 Å². The van der Waals surface area contributed by atoms with Crippen LogP contribution in [0.4, 0.5) is 5.69 Å². The van der Waals surface area contributed by atoms with Crippen molar-refractivity contribution in [2.24, 2.45) is 0 Å². The molecule has 1 heterocycles. The van der Waals surface area contributed by atoms with E-state index in [-0.39, 0.29) is 16.6 Å². The Kier molecular flexibility index (Phi) is 6.02. The summed E-state index contributed by atoms with van der Waals surface area (Å²) in [6.45, 7) is 2.04. The highest BCUT2D eigenvalue weighted by atomic mass is 32.2. The maximum absolute atomic E-state index is 12.5. The van der Waals surface area contributed by atoms with Gasteiger partial charge in [-0.3, -0.25) is 4.79 Å². The third-order valence-corrected chi connectivity index (χ3v) is 6.76. The molecule has 0 saturated heterocycles. The lowest BCUT2D eigenvalue weighted by Crippen LogP contribution is -3.12. The van der Waals surface area contributed by atoms with Gasteiger partial charge in [-0.25, -0.2) is 12.7 Å². The molecule has 8 heteroatoms. The molecule has 7 nitrogen and oxygen atoms in total. The minimum Gasteiger partial charge on any atom is -0.495 e. The second-order valence-corrected chi connectivity index (χ2v) is 9.19. The number of hydrogen-bond acceptors (Lipinski definition) is 4. The molecule has 1 aliphatic rings. The smallest absolute Gasteiger partial charge is 0.279 e. The minimum absolute atomic E-state index is 0.0250. The molecule has 28 heavy (non-hydrogen) atoms. The van der Waals surface area contributed by atoms with E-state index in [1.165, 1.54) is 43.3 Å². The standard InChI is InChI=1S/C20H25N3O4S/c1-22(2)28(25,26)19-12-17(8-9-18(19)27-3)21-20(24)14-23-11-10-15-6-4-5-7-16(15)13-23/h4-9,12H,10-11,13-14H2,1-3H3,(H,21,24)/p+1. The maximum Gasteiger partial charge on any atom is 0.279 e. The number of anilines is 1. The largest absolute Gasteiger partial charge is 0.495 e. The van der Waals surface area contributed by atoms with Gasteiger partial charge in [-0.2, -0.15) is 0 Å². The lowest BCUT2D eigenvalue weighted by molar-refractivity contribution is -0.907. The van der Waals surface area contributed by atoms with Crippen molar-refractivity contribution in [3.63, 3.8) is 0 Å². The topological polar surface area (TPSA) is 80.1 Å². The fourth-order valence-corrected chi connectivity index (χ4v) is 4.45. The summed E-state index contributed by atoms with van der Waals surface area (Å²) in [5, 5.41) is 2.82. The Bertz CT molecular complexity index is 973. The van der Waals surface area contributed by atoms with E-state index in [1.807, 2.05) is 12.1 Å². The van der Waals surface area contributed by atoms with Gasteiger partial charge in [0.25, 0.3) is 5.91 Å². The van der Waals surface area contributed by atoms with E-state index in [4.69, 9.17) is 4.74 Å². The summed E-state index contributed by atoms with van der Waals surface area (Å²) < 4.78 is 31.3. The van der Waals surface area contributed by atoms with Crippen molar-refractivity contribution in [3.05, 3.63) is 53.6 Å². The average molecular weight is 405 g/mol. The number of fused-ring (bicyclic) bond motifs is 1. The van der Waals surface area contributed by atoms with E-state index in [0.29, 0.717) is 12.2 Å². The zero-order valence-corrected chi connectivity index (χ0v) is 17.2. The predicted octanol–water partition coefficient (Wildman–Crippen LogP) is 0.525. The Morgan fingerprint density at radius 2 is 1.89 bits per heavy atom. The molecule has 3 rings (SSSR count). The Morgan fingerprint density at radius 3 is 2.57 bits per heavy atom. The van der Waals surface area contributed by atoms with Gasteiger partial charge in [0.1, 0.15) is 17.2 Å². The molecular formula is C20H26N3O4S+. The van der Waals surface area contributed by atoms with E-state index in [1.54, 1.807) is 12.1 Å². The molecule has 0 aromatic heterocycles. The number of carbonyl (C=O) groups excluding carboxylic acids is 1. The van der Waals surface area contributed by atoms with Crippen molar-refractivity contribution in [1.29, 1.82) is 0 Å². The van der Waals surface area contributed by atoms with Crippen LogP contribution in [0.2, 0.25) is 0 Å². The van der Waals surface area contributed by atoms with Crippen LogP contribution in [0.5, 0.6) is 5.75 Å². The zero-order valence-electron chi connectivity index (χ0n) is 16.4. The summed E-state index contributed by atoms with van der Waals surface area (Å²) in [5.74, 6) is 0.0951. The summed E-state index contributed by atoms with van der Waals surface area (Å²) in [7, 11) is 0.642. The lowest BCUT2D eigenvalue weighted by atomic mass is 10.00. The third kappa shape index (κ3) is 4.35. The van der Waals surface area contributed by atoms with Gasteiger partial charge in [0.05, 0.1) is 13.7 Å². The molecule has 2 aromatic carbocycles. The molecule has 0 aliphatic carbocycles. The van der Waals surface area contributed by atoms with Gasteiger partial charge in [-0.05, 0) is 23.8 Å². The average Bonchev–Trinajstić information content (AvgIpc) is 2.67. The van der Waals surface area contributed by atoms with Crippen LogP contribution in [0.1, 0.15) is 11.1 Å². The fourth-order valence-electron chi connectivity index (χ4n) is 3.38. The highest BCUT2D eigenvalue weighted by Gasteiger charge is 2.24. The highest BCUT2D eigenvalue weighted by Crippen LogP contribution is 2.28. The van der Waals surface area contributed by atoms with Crippen LogP contribution in [-0.2, 0) is 27.8 Å². The molecular weight excluding hydrogens is 378 g/mol. The van der Waals surface area contributed by atoms with Crippen LogP contribution < -0.4 is 15.0 Å². The Hall–Kier alpha value is -2.42. The van der Waals surface area contributed by atoms with Crippen molar-refractivity contribution in [2.75, 3.05) is 39.6 Å². The lowest BCUT2D eigenvalue weighted by Gasteiger charge is -2.25. The van der Waals surface area contributed by atoms with Gasteiger partial charge < -0.3 is 15.0 Å². The van der Waals surface area contributed by atoms with E-state index in [9.17, 15) is 13.2 Å². The number of sulfonamides is 1. The second-order valence-electron chi connectivity index (χ2n) is 7.07. The molecule has 0 radical (unpaired) electrons. The van der Waals surface area contributed by atoms with Crippen molar-refractivity contribution in [3.8, 4) is 5.75 Å². The molecule has 0 bridgehead atoms. The van der Waals surface area contributed by atoms with Crippen molar-refractivity contribution >= 4 is 21.6 Å². The third-order valence-electron chi connectivity index (χ3n) is 4.92. The number of ether oxygens (including phenoxy) is 1. The number of hydrogen-bond donors (Lipinski definition) is 2. The van der Waals surface area contributed by atoms with Crippen molar-refractivity contribution in [2.45, 2.75) is 17.9 Å². The first-order valence-electron chi connectivity index (χ1n) is 9.12. The summed E-state index contributed by atoms with van der Waals surface area (Å²) in [6, 6.07) is 12.9. The molecule has 2 N–H and O–H groups in total. The van der Waals surface area contributed by atoms with Crippen LogP contribution in [0.15, 0.2) is 47.4 Å². The first kappa shape index (κ1) is 20.3. The van der Waals surface area contributed by atoms with E-state index in [2.05, 4.69) is 17.4 Å². The van der Waals surface area contributed by atoms with E-state index < -0.39 is 10.0 Å². The van der Waals surface area contributed by atoms with Gasteiger partial charge in [-0.15, -0.1) is 0 Å². The molecule has 2 aromatic rings. The second kappa shape index (κ2) is 8.30. The van der Waals surface area contributed by atoms with Crippen molar-refractivity contribution < 1.29 is 22.8 Å². The zero-order chi connectivity index (χ0) is 20.3. The summed E-state index contributed by atoms with van der Waals surface area (Å²) in [4.78, 5) is 13.7. The van der Waals surface area contributed by atoms with Crippen LogP contribution in [-0.4, -0.2) is 52.9 Å². The van der Waals surface area contributed by atoms with Gasteiger partial charge in [0.15, 0.2) is 6.54 Å². The van der Waals surface area contributed by atoms with Gasteiger partial charge in [-0.1, -0.05) is 24.3 Å². The molecule has 1 aliphatic heterocycles. The Morgan fingerprint density at radius 1 is 1.18 bits per heavy atom. The number of nitrogens with zero attached hydrogens (tertiary/aromatic N) is 1. The van der Waals surface area contributed by atoms with Gasteiger partial charge >= 0.3 is 0 Å². The highest BCUT2D eigenvalue weighted by molar-refractivity contribution is 7.89. The number of benzene rings is 2. The number of nitrogens with one attached hydrogen (secondary N) is 2. The Balaban J connectivity index is 1.71. The summed E-state index contributed by atoms with van der Waals surface area (Å²) >= 11 is 0. The van der Waals surface area contributed by atoms with E-state index in [0.717, 1.165) is 23.8 Å². The molecule has 0 spiro atoms. The normalized spacial score (nSPS) is 16.5. The number of rotatable bonds is 6. The quantitative estimate of drug-likeness (QED) is 0.736.